The van der Waals surface area contributed by atoms with Crippen LogP contribution in [0.25, 0.3) is 0 Å². The first-order valence-corrected chi connectivity index (χ1v) is 7.58. The standard InChI is InChI=1S/C17H22N4O3.HI/c1-19-17(20-12-14-8-9-15(24-14)16(18)22)21(2)10-11-23-13-6-4-3-5-7-13;/h3-9H,10-12H2,1-2H3,(H2,18,22)(H,19,20);1H. The molecule has 0 aliphatic carbocycles. The van der Waals surface area contributed by atoms with Crippen LogP contribution in [0.1, 0.15) is 16.3 Å². The predicted molar refractivity (Wildman–Crippen MR) is 107 cm³/mol. The van der Waals surface area contributed by atoms with E-state index in [2.05, 4.69) is 10.3 Å². The number of carbonyl (C=O) groups is 1. The molecule has 0 aliphatic heterocycles. The number of guanidine groups is 1. The third-order valence-corrected chi connectivity index (χ3v) is 3.34. The Hall–Kier alpha value is -2.23. The highest BCUT2D eigenvalue weighted by molar-refractivity contribution is 14.0. The van der Waals surface area contributed by atoms with Gasteiger partial charge in [-0.25, -0.2) is 0 Å². The lowest BCUT2D eigenvalue weighted by Crippen LogP contribution is -2.40. The van der Waals surface area contributed by atoms with Crippen molar-refractivity contribution in [3.05, 3.63) is 54.0 Å². The van der Waals surface area contributed by atoms with Crippen LogP contribution in [0.3, 0.4) is 0 Å². The highest BCUT2D eigenvalue weighted by Gasteiger charge is 2.09. The lowest BCUT2D eigenvalue weighted by molar-refractivity contribution is 0.0972. The van der Waals surface area contributed by atoms with Gasteiger partial charge in [0.1, 0.15) is 18.1 Å². The van der Waals surface area contributed by atoms with E-state index in [4.69, 9.17) is 14.9 Å². The largest absolute Gasteiger partial charge is 0.492 e. The highest BCUT2D eigenvalue weighted by atomic mass is 127. The summed E-state index contributed by atoms with van der Waals surface area (Å²) in [6, 6.07) is 12.9. The number of primary amides is 1. The number of nitrogens with zero attached hydrogens (tertiary/aromatic N) is 2. The minimum Gasteiger partial charge on any atom is -0.492 e. The molecule has 136 valence electrons. The minimum absolute atomic E-state index is 0. The predicted octanol–water partition coefficient (Wildman–Crippen LogP) is 2.08. The maximum absolute atomic E-state index is 11.0. The summed E-state index contributed by atoms with van der Waals surface area (Å²) in [5, 5.41) is 3.16. The smallest absolute Gasteiger partial charge is 0.284 e. The molecule has 2 rings (SSSR count). The number of ether oxygens (including phenoxy) is 1. The van der Waals surface area contributed by atoms with Crippen molar-refractivity contribution < 1.29 is 13.9 Å². The van der Waals surface area contributed by atoms with Crippen molar-refractivity contribution in [1.82, 2.24) is 10.2 Å². The molecule has 0 unspecified atom stereocenters. The number of carbonyl (C=O) groups excluding carboxylic acids is 1. The third kappa shape index (κ3) is 6.65. The summed E-state index contributed by atoms with van der Waals surface area (Å²) in [7, 11) is 3.62. The van der Waals surface area contributed by atoms with Crippen molar-refractivity contribution in [1.29, 1.82) is 0 Å². The zero-order valence-electron chi connectivity index (χ0n) is 14.3. The Balaban J connectivity index is 0.00000312. The molecule has 8 heteroatoms. The molecule has 0 fully saturated rings. The summed E-state index contributed by atoms with van der Waals surface area (Å²) in [6.07, 6.45) is 0. The van der Waals surface area contributed by atoms with E-state index in [1.54, 1.807) is 19.2 Å². The number of nitrogens with one attached hydrogen (secondary N) is 1. The average Bonchev–Trinajstić information content (AvgIpc) is 3.06. The van der Waals surface area contributed by atoms with Crippen LogP contribution in [0.4, 0.5) is 0 Å². The number of nitrogens with two attached hydrogens (primary N) is 1. The van der Waals surface area contributed by atoms with Crippen LogP contribution < -0.4 is 15.8 Å². The Morgan fingerprint density at radius 1 is 1.28 bits per heavy atom. The molecule has 7 nitrogen and oxygen atoms in total. The Morgan fingerprint density at radius 3 is 2.60 bits per heavy atom. The lowest BCUT2D eigenvalue weighted by atomic mass is 10.3. The van der Waals surface area contributed by atoms with Crippen LogP contribution in [0.2, 0.25) is 0 Å². The molecule has 1 aromatic carbocycles. The normalized spacial score (nSPS) is 10.7. The van der Waals surface area contributed by atoms with E-state index in [0.29, 0.717) is 31.4 Å². The quantitative estimate of drug-likeness (QED) is 0.377. The molecule has 25 heavy (non-hydrogen) atoms. The van der Waals surface area contributed by atoms with E-state index in [0.717, 1.165) is 5.75 Å². The topological polar surface area (TPSA) is 93.1 Å². The van der Waals surface area contributed by atoms with Gasteiger partial charge in [-0.15, -0.1) is 24.0 Å². The van der Waals surface area contributed by atoms with Crippen molar-refractivity contribution in [3.8, 4) is 5.75 Å². The van der Waals surface area contributed by atoms with E-state index < -0.39 is 5.91 Å². The first-order valence-electron chi connectivity index (χ1n) is 7.58. The fourth-order valence-corrected chi connectivity index (χ4v) is 2.08. The van der Waals surface area contributed by atoms with Crippen LogP contribution in [-0.4, -0.2) is 44.0 Å². The SMILES string of the molecule is CN=C(NCc1ccc(C(N)=O)o1)N(C)CCOc1ccccc1.I. The van der Waals surface area contributed by atoms with Crippen LogP contribution in [-0.2, 0) is 6.54 Å². The van der Waals surface area contributed by atoms with Gasteiger partial charge in [0.15, 0.2) is 11.7 Å². The molecule has 0 saturated heterocycles. The van der Waals surface area contributed by atoms with Crippen LogP contribution >= 0.6 is 24.0 Å². The zero-order valence-corrected chi connectivity index (χ0v) is 16.6. The molecular formula is C17H23IN4O3. The fraction of sp³-hybridized carbons (Fsp3) is 0.294. The molecule has 3 N–H and O–H groups in total. The van der Waals surface area contributed by atoms with E-state index in [9.17, 15) is 4.79 Å². The average molecular weight is 458 g/mol. The first kappa shape index (κ1) is 20.8. The monoisotopic (exact) mass is 458 g/mol. The number of furan rings is 1. The van der Waals surface area contributed by atoms with E-state index >= 15 is 0 Å². The third-order valence-electron chi connectivity index (χ3n) is 3.34. The number of rotatable bonds is 7. The summed E-state index contributed by atoms with van der Waals surface area (Å²) in [6.45, 7) is 1.61. The number of likely N-dealkylation sites (N-methyl/N-ethyl adjacent to an activating group) is 1. The van der Waals surface area contributed by atoms with Gasteiger partial charge in [0.25, 0.3) is 5.91 Å². The fourth-order valence-electron chi connectivity index (χ4n) is 2.08. The number of amides is 1. The molecule has 0 radical (unpaired) electrons. The summed E-state index contributed by atoms with van der Waals surface area (Å²) in [4.78, 5) is 17.2. The number of halogens is 1. The van der Waals surface area contributed by atoms with Crippen LogP contribution in [0.15, 0.2) is 51.9 Å². The summed E-state index contributed by atoms with van der Waals surface area (Å²) in [5.74, 6) is 1.71. The molecule has 2 aromatic rings. The molecule has 1 heterocycles. The van der Waals surface area contributed by atoms with Crippen molar-refractivity contribution in [3.63, 3.8) is 0 Å². The highest BCUT2D eigenvalue weighted by Crippen LogP contribution is 2.08. The van der Waals surface area contributed by atoms with E-state index in [1.807, 2.05) is 42.3 Å². The summed E-state index contributed by atoms with van der Waals surface area (Å²) in [5.41, 5.74) is 5.16. The summed E-state index contributed by atoms with van der Waals surface area (Å²) >= 11 is 0. The van der Waals surface area contributed by atoms with Gasteiger partial charge in [-0.1, -0.05) is 18.2 Å². The first-order chi connectivity index (χ1) is 11.6. The van der Waals surface area contributed by atoms with Crippen LogP contribution in [0.5, 0.6) is 5.75 Å². The molecule has 0 atom stereocenters. The number of hydrogen-bond acceptors (Lipinski definition) is 4. The van der Waals surface area contributed by atoms with Crippen molar-refractivity contribution in [2.24, 2.45) is 10.7 Å². The Morgan fingerprint density at radius 2 is 2.00 bits per heavy atom. The van der Waals surface area contributed by atoms with Gasteiger partial charge in [-0.05, 0) is 24.3 Å². The molecular weight excluding hydrogens is 435 g/mol. The number of hydrogen-bond donors (Lipinski definition) is 2. The molecule has 0 aliphatic rings. The van der Waals surface area contributed by atoms with Crippen molar-refractivity contribution >= 4 is 35.8 Å². The van der Waals surface area contributed by atoms with Crippen molar-refractivity contribution in [2.45, 2.75) is 6.54 Å². The number of benzene rings is 1. The van der Waals surface area contributed by atoms with Gasteiger partial charge in [-0.3, -0.25) is 9.79 Å². The molecule has 1 aromatic heterocycles. The zero-order chi connectivity index (χ0) is 17.4. The van der Waals surface area contributed by atoms with Gasteiger partial charge in [0.2, 0.25) is 0 Å². The molecule has 0 bridgehead atoms. The van der Waals surface area contributed by atoms with E-state index in [1.165, 1.54) is 0 Å². The lowest BCUT2D eigenvalue weighted by Gasteiger charge is -2.21. The van der Waals surface area contributed by atoms with E-state index in [-0.39, 0.29) is 29.7 Å². The Labute approximate surface area is 164 Å². The van der Waals surface area contributed by atoms with Gasteiger partial charge < -0.3 is 25.1 Å². The number of aliphatic imine (C=N–C) groups is 1. The van der Waals surface area contributed by atoms with Gasteiger partial charge >= 0.3 is 0 Å². The maximum Gasteiger partial charge on any atom is 0.284 e. The van der Waals surface area contributed by atoms with Gasteiger partial charge in [-0.2, -0.15) is 0 Å². The second kappa shape index (κ2) is 10.6. The number of para-hydroxylation sites is 1. The second-order valence-corrected chi connectivity index (χ2v) is 5.11. The minimum atomic E-state index is -0.583. The van der Waals surface area contributed by atoms with Gasteiger partial charge in [0, 0.05) is 14.1 Å². The summed E-state index contributed by atoms with van der Waals surface area (Å²) < 4.78 is 11.0. The van der Waals surface area contributed by atoms with Crippen molar-refractivity contribution in [2.75, 3.05) is 27.2 Å². The van der Waals surface area contributed by atoms with Gasteiger partial charge in [0.05, 0.1) is 13.1 Å². The Kier molecular flexibility index (Phi) is 8.82. The second-order valence-electron chi connectivity index (χ2n) is 5.11. The Bertz CT molecular complexity index is 688. The molecule has 0 saturated carbocycles. The van der Waals surface area contributed by atoms with Crippen LogP contribution in [0, 0.1) is 0 Å². The molecule has 1 amide bonds. The molecule has 0 spiro atoms. The maximum atomic E-state index is 11.0.